The zero-order valence-electron chi connectivity index (χ0n) is 14.0. The number of nitrogens with zero attached hydrogens (tertiary/aromatic N) is 1. The summed E-state index contributed by atoms with van der Waals surface area (Å²) < 4.78 is 15.0. The average Bonchev–Trinajstić information content (AvgIpc) is 2.60. The van der Waals surface area contributed by atoms with E-state index in [0.29, 0.717) is 17.3 Å². The van der Waals surface area contributed by atoms with Crippen LogP contribution in [-0.4, -0.2) is 50.8 Å². The van der Waals surface area contributed by atoms with Crippen molar-refractivity contribution < 1.29 is 23.8 Å². The lowest BCUT2D eigenvalue weighted by atomic mass is 10.1. The second-order valence-corrected chi connectivity index (χ2v) is 6.07. The standard InChI is InChI=1S/C17H22ClNO5/c1-22-15(20)11-24-16-12(10-19-6-4-3-5-7-19)8-13(18)9-14(16)17(21)23-2/h8-9H,3-7,10-11H2,1-2H3. The number of hydrogen-bond acceptors (Lipinski definition) is 6. The largest absolute Gasteiger partial charge is 0.481 e. The predicted octanol–water partition coefficient (Wildman–Crippen LogP) is 2.66. The molecule has 1 saturated heterocycles. The molecule has 24 heavy (non-hydrogen) atoms. The van der Waals surface area contributed by atoms with Crippen molar-refractivity contribution in [3.05, 3.63) is 28.3 Å². The van der Waals surface area contributed by atoms with Crippen LogP contribution in [0.2, 0.25) is 5.02 Å². The predicted molar refractivity (Wildman–Crippen MR) is 89.4 cm³/mol. The zero-order valence-corrected chi connectivity index (χ0v) is 14.7. The number of ether oxygens (including phenoxy) is 3. The summed E-state index contributed by atoms with van der Waals surface area (Å²) in [5.74, 6) is -0.760. The van der Waals surface area contributed by atoms with Crippen molar-refractivity contribution >= 4 is 23.5 Å². The number of carbonyl (C=O) groups excluding carboxylic acids is 2. The Kier molecular flexibility index (Phi) is 6.87. The minimum absolute atomic E-state index is 0.209. The van der Waals surface area contributed by atoms with Gasteiger partial charge in [0.25, 0.3) is 0 Å². The zero-order chi connectivity index (χ0) is 17.5. The molecule has 0 unspecified atom stereocenters. The molecule has 1 heterocycles. The van der Waals surface area contributed by atoms with Crippen molar-refractivity contribution in [2.24, 2.45) is 0 Å². The number of esters is 2. The van der Waals surface area contributed by atoms with Crippen molar-refractivity contribution in [1.82, 2.24) is 4.90 Å². The molecule has 1 aromatic carbocycles. The van der Waals surface area contributed by atoms with Crippen LogP contribution in [0.5, 0.6) is 5.75 Å². The van der Waals surface area contributed by atoms with Gasteiger partial charge in [-0.15, -0.1) is 0 Å². The molecule has 0 aliphatic carbocycles. The van der Waals surface area contributed by atoms with Gasteiger partial charge in [-0.1, -0.05) is 18.0 Å². The molecule has 6 nitrogen and oxygen atoms in total. The van der Waals surface area contributed by atoms with E-state index in [9.17, 15) is 9.59 Å². The van der Waals surface area contributed by atoms with E-state index >= 15 is 0 Å². The maximum absolute atomic E-state index is 12.1. The van der Waals surface area contributed by atoms with Crippen LogP contribution in [0, 0.1) is 0 Å². The molecule has 1 aliphatic rings. The number of benzene rings is 1. The van der Waals surface area contributed by atoms with Crippen LogP contribution < -0.4 is 4.74 Å². The van der Waals surface area contributed by atoms with Crippen LogP contribution >= 0.6 is 11.6 Å². The van der Waals surface area contributed by atoms with E-state index in [4.69, 9.17) is 21.1 Å². The quantitative estimate of drug-likeness (QED) is 0.731. The lowest BCUT2D eigenvalue weighted by Crippen LogP contribution is -2.29. The molecular formula is C17H22ClNO5. The van der Waals surface area contributed by atoms with Crippen LogP contribution in [0.3, 0.4) is 0 Å². The Labute approximate surface area is 146 Å². The van der Waals surface area contributed by atoms with Gasteiger partial charge in [-0.2, -0.15) is 0 Å². The maximum Gasteiger partial charge on any atom is 0.343 e. The van der Waals surface area contributed by atoms with Crippen LogP contribution in [0.4, 0.5) is 0 Å². The topological polar surface area (TPSA) is 65.1 Å². The van der Waals surface area contributed by atoms with Crippen molar-refractivity contribution in [2.75, 3.05) is 33.9 Å². The van der Waals surface area contributed by atoms with Crippen molar-refractivity contribution in [1.29, 1.82) is 0 Å². The molecule has 1 aliphatic heterocycles. The van der Waals surface area contributed by atoms with Gasteiger partial charge in [0.05, 0.1) is 14.2 Å². The van der Waals surface area contributed by atoms with Crippen molar-refractivity contribution in [3.63, 3.8) is 0 Å². The second-order valence-electron chi connectivity index (χ2n) is 5.63. The SMILES string of the molecule is COC(=O)COc1c(CN2CCCCC2)cc(Cl)cc1C(=O)OC. The van der Waals surface area contributed by atoms with Gasteiger partial charge < -0.3 is 14.2 Å². The van der Waals surface area contributed by atoms with Gasteiger partial charge in [-0.3, -0.25) is 4.90 Å². The lowest BCUT2D eigenvalue weighted by Gasteiger charge is -2.27. The summed E-state index contributed by atoms with van der Waals surface area (Å²) in [7, 11) is 2.57. The molecule has 0 atom stereocenters. The number of likely N-dealkylation sites (tertiary alicyclic amines) is 1. The third-order valence-electron chi connectivity index (χ3n) is 3.94. The first-order chi connectivity index (χ1) is 11.5. The number of rotatable bonds is 6. The van der Waals surface area contributed by atoms with Gasteiger partial charge in [0.15, 0.2) is 6.61 Å². The van der Waals surface area contributed by atoms with E-state index in [1.54, 1.807) is 6.07 Å². The Balaban J connectivity index is 2.32. The summed E-state index contributed by atoms with van der Waals surface area (Å²) in [6.07, 6.45) is 3.51. The van der Waals surface area contributed by atoms with Gasteiger partial charge in [0, 0.05) is 17.1 Å². The summed E-state index contributed by atoms with van der Waals surface area (Å²) in [4.78, 5) is 25.7. The Hall–Kier alpha value is -1.79. The first-order valence-corrected chi connectivity index (χ1v) is 8.25. The smallest absolute Gasteiger partial charge is 0.343 e. The van der Waals surface area contributed by atoms with Gasteiger partial charge in [-0.05, 0) is 38.1 Å². The number of hydrogen-bond donors (Lipinski definition) is 0. The Morgan fingerprint density at radius 2 is 1.83 bits per heavy atom. The lowest BCUT2D eigenvalue weighted by molar-refractivity contribution is -0.142. The van der Waals surface area contributed by atoms with E-state index in [1.807, 2.05) is 0 Å². The van der Waals surface area contributed by atoms with E-state index in [1.165, 1.54) is 26.7 Å². The number of piperidine rings is 1. The number of methoxy groups -OCH3 is 2. The average molecular weight is 356 g/mol. The molecule has 0 spiro atoms. The molecule has 0 aromatic heterocycles. The molecule has 0 bridgehead atoms. The maximum atomic E-state index is 12.1. The molecule has 2 rings (SSSR count). The molecule has 0 radical (unpaired) electrons. The molecule has 0 saturated carbocycles. The van der Waals surface area contributed by atoms with Gasteiger partial charge in [0.1, 0.15) is 11.3 Å². The van der Waals surface area contributed by atoms with Gasteiger partial charge in [-0.25, -0.2) is 9.59 Å². The molecule has 132 valence electrons. The van der Waals surface area contributed by atoms with Gasteiger partial charge in [0.2, 0.25) is 0 Å². The fourth-order valence-corrected chi connectivity index (χ4v) is 2.99. The van der Waals surface area contributed by atoms with E-state index in [2.05, 4.69) is 9.64 Å². The molecule has 7 heteroatoms. The monoisotopic (exact) mass is 355 g/mol. The summed E-state index contributed by atoms with van der Waals surface area (Å²) in [5, 5.41) is 0.424. The molecule has 1 fully saturated rings. The molecule has 1 aromatic rings. The number of carbonyl (C=O) groups is 2. The third kappa shape index (κ3) is 4.85. The van der Waals surface area contributed by atoms with Crippen molar-refractivity contribution in [3.8, 4) is 5.75 Å². The third-order valence-corrected chi connectivity index (χ3v) is 4.16. The first kappa shape index (κ1) is 18.5. The summed E-state index contributed by atoms with van der Waals surface area (Å²) in [6, 6.07) is 3.24. The fourth-order valence-electron chi connectivity index (χ4n) is 2.75. The highest BCUT2D eigenvalue weighted by atomic mass is 35.5. The Morgan fingerprint density at radius 1 is 1.12 bits per heavy atom. The van der Waals surface area contributed by atoms with Crippen molar-refractivity contribution in [2.45, 2.75) is 25.8 Å². The summed E-state index contributed by atoms with van der Waals surface area (Å²) >= 11 is 6.16. The highest BCUT2D eigenvalue weighted by molar-refractivity contribution is 6.31. The Morgan fingerprint density at radius 3 is 2.46 bits per heavy atom. The highest BCUT2D eigenvalue weighted by Crippen LogP contribution is 2.31. The summed E-state index contributed by atoms with van der Waals surface area (Å²) in [5.41, 5.74) is 0.967. The van der Waals surface area contributed by atoms with Crippen LogP contribution in [0.1, 0.15) is 35.2 Å². The Bertz CT molecular complexity index is 599. The first-order valence-electron chi connectivity index (χ1n) is 7.88. The summed E-state index contributed by atoms with van der Waals surface area (Å²) in [6.45, 7) is 2.28. The number of halogens is 1. The van der Waals surface area contributed by atoms with Crippen LogP contribution in [0.25, 0.3) is 0 Å². The van der Waals surface area contributed by atoms with E-state index in [0.717, 1.165) is 31.5 Å². The normalized spacial score (nSPS) is 15.0. The van der Waals surface area contributed by atoms with E-state index in [-0.39, 0.29) is 12.2 Å². The molecular weight excluding hydrogens is 334 g/mol. The highest BCUT2D eigenvalue weighted by Gasteiger charge is 2.22. The molecule has 0 N–H and O–H groups in total. The fraction of sp³-hybridized carbons (Fsp3) is 0.529. The second kappa shape index (κ2) is 8.89. The van der Waals surface area contributed by atoms with Gasteiger partial charge >= 0.3 is 11.9 Å². The van der Waals surface area contributed by atoms with E-state index < -0.39 is 11.9 Å². The minimum Gasteiger partial charge on any atom is -0.481 e. The molecule has 0 amide bonds. The minimum atomic E-state index is -0.558. The van der Waals surface area contributed by atoms with Crippen LogP contribution in [0.15, 0.2) is 12.1 Å². The van der Waals surface area contributed by atoms with Crippen LogP contribution in [-0.2, 0) is 20.8 Å².